The van der Waals surface area contributed by atoms with E-state index in [0.29, 0.717) is 22.9 Å². The first-order valence-corrected chi connectivity index (χ1v) is 10.9. The highest BCUT2D eigenvalue weighted by atomic mass is 31.2. The zero-order valence-corrected chi connectivity index (χ0v) is 18.2. The first kappa shape index (κ1) is 20.8. The topological polar surface area (TPSA) is 56.8 Å². The first-order chi connectivity index (χ1) is 13.8. The Morgan fingerprint density at radius 1 is 0.724 bits per heavy atom. The highest BCUT2D eigenvalue weighted by molar-refractivity contribution is 7.56. The summed E-state index contributed by atoms with van der Waals surface area (Å²) >= 11 is 0. The van der Waals surface area contributed by atoms with E-state index in [1.807, 2.05) is 52.0 Å². The van der Waals surface area contributed by atoms with Gasteiger partial charge in [0.25, 0.3) is 0 Å². The average Bonchev–Trinajstić information content (AvgIpc) is 2.70. The van der Waals surface area contributed by atoms with E-state index in [9.17, 15) is 4.57 Å². The third-order valence-electron chi connectivity index (χ3n) is 4.90. The number of hydrogen-bond donors (Lipinski definition) is 1. The summed E-state index contributed by atoms with van der Waals surface area (Å²) in [4.78, 5) is 0. The van der Waals surface area contributed by atoms with Gasteiger partial charge >= 0.3 is 7.75 Å². The molecule has 0 aliphatic carbocycles. The van der Waals surface area contributed by atoms with Crippen molar-refractivity contribution in [3.63, 3.8) is 0 Å². The van der Waals surface area contributed by atoms with Crippen LogP contribution in [0, 0.1) is 27.7 Å². The number of anilines is 1. The maximum atomic E-state index is 13.8. The molecule has 0 saturated heterocycles. The number of methoxy groups -OCH3 is 1. The van der Waals surface area contributed by atoms with Crippen LogP contribution < -0.4 is 18.9 Å². The summed E-state index contributed by atoms with van der Waals surface area (Å²) in [6.07, 6.45) is 0. The zero-order chi connectivity index (χ0) is 21.0. The van der Waals surface area contributed by atoms with Gasteiger partial charge < -0.3 is 13.8 Å². The Morgan fingerprint density at radius 2 is 1.21 bits per heavy atom. The third-order valence-corrected chi connectivity index (χ3v) is 6.31. The molecule has 3 aromatic rings. The molecule has 152 valence electrons. The predicted octanol–water partition coefficient (Wildman–Crippen LogP) is 6.61. The van der Waals surface area contributed by atoms with Gasteiger partial charge in [-0.1, -0.05) is 24.3 Å². The highest BCUT2D eigenvalue weighted by Crippen LogP contribution is 2.50. The van der Waals surface area contributed by atoms with E-state index in [-0.39, 0.29) is 0 Å². The van der Waals surface area contributed by atoms with E-state index in [1.54, 1.807) is 43.5 Å². The van der Waals surface area contributed by atoms with Crippen LogP contribution in [0.3, 0.4) is 0 Å². The molecule has 0 fully saturated rings. The largest absolute Gasteiger partial charge is 0.541 e. The molecular formula is C23H26NO4P. The van der Waals surface area contributed by atoms with Gasteiger partial charge in [0.15, 0.2) is 0 Å². The molecule has 1 N–H and O–H groups in total. The van der Waals surface area contributed by atoms with E-state index in [0.717, 1.165) is 22.3 Å². The molecule has 0 aromatic heterocycles. The van der Waals surface area contributed by atoms with Crippen LogP contribution in [0.1, 0.15) is 22.3 Å². The van der Waals surface area contributed by atoms with Gasteiger partial charge in [-0.15, -0.1) is 0 Å². The van der Waals surface area contributed by atoms with Crippen LogP contribution in [-0.4, -0.2) is 7.11 Å². The average molecular weight is 411 g/mol. The molecular weight excluding hydrogens is 385 g/mol. The second kappa shape index (κ2) is 8.62. The van der Waals surface area contributed by atoms with Crippen LogP contribution in [-0.2, 0) is 4.57 Å². The molecule has 3 rings (SSSR count). The van der Waals surface area contributed by atoms with Crippen molar-refractivity contribution < 1.29 is 18.3 Å². The minimum atomic E-state index is -3.79. The number of hydrogen-bond acceptors (Lipinski definition) is 4. The quantitative estimate of drug-likeness (QED) is 0.444. The maximum absolute atomic E-state index is 13.8. The van der Waals surface area contributed by atoms with Crippen molar-refractivity contribution in [2.75, 3.05) is 12.2 Å². The van der Waals surface area contributed by atoms with E-state index in [4.69, 9.17) is 13.8 Å². The molecule has 0 amide bonds. The number of nitrogens with one attached hydrogen (secondary N) is 1. The second-order valence-electron chi connectivity index (χ2n) is 6.92. The Hall–Kier alpha value is -2.91. The SMILES string of the molecule is COc1ccc(NP(=O)(Oc2cccc(C)c2C)Oc2cccc(C)c2C)cc1. The van der Waals surface area contributed by atoms with Crippen LogP contribution in [0.15, 0.2) is 60.7 Å². The van der Waals surface area contributed by atoms with Crippen molar-refractivity contribution >= 4 is 13.4 Å². The minimum absolute atomic E-state index is 0.514. The lowest BCUT2D eigenvalue weighted by atomic mass is 10.1. The van der Waals surface area contributed by atoms with E-state index in [2.05, 4.69) is 5.09 Å². The fourth-order valence-corrected chi connectivity index (χ4v) is 4.30. The highest BCUT2D eigenvalue weighted by Gasteiger charge is 2.30. The Bertz CT molecular complexity index is 990. The molecule has 6 heteroatoms. The van der Waals surface area contributed by atoms with Gasteiger partial charge in [-0.3, -0.25) is 5.09 Å². The van der Waals surface area contributed by atoms with E-state index >= 15 is 0 Å². The van der Waals surface area contributed by atoms with Crippen LogP contribution in [0.25, 0.3) is 0 Å². The molecule has 0 saturated carbocycles. The van der Waals surface area contributed by atoms with Crippen molar-refractivity contribution in [2.24, 2.45) is 0 Å². The molecule has 0 heterocycles. The van der Waals surface area contributed by atoms with Crippen molar-refractivity contribution in [1.29, 1.82) is 0 Å². The summed E-state index contributed by atoms with van der Waals surface area (Å²) in [5.74, 6) is 1.73. The Kier molecular flexibility index (Phi) is 6.19. The van der Waals surface area contributed by atoms with Crippen LogP contribution in [0.5, 0.6) is 17.2 Å². The summed E-state index contributed by atoms with van der Waals surface area (Å²) in [6, 6.07) is 18.4. The number of rotatable bonds is 7. The lowest BCUT2D eigenvalue weighted by Crippen LogP contribution is -2.11. The molecule has 0 aliphatic heterocycles. The Labute approximate surface area is 172 Å². The normalized spacial score (nSPS) is 11.1. The minimum Gasteiger partial charge on any atom is -0.497 e. The van der Waals surface area contributed by atoms with E-state index < -0.39 is 7.75 Å². The predicted molar refractivity (Wildman–Crippen MR) is 117 cm³/mol. The van der Waals surface area contributed by atoms with Gasteiger partial charge in [-0.25, -0.2) is 4.57 Å². The fourth-order valence-electron chi connectivity index (χ4n) is 2.79. The third kappa shape index (κ3) is 4.93. The smallest absolute Gasteiger partial charge is 0.497 e. The van der Waals surface area contributed by atoms with Gasteiger partial charge in [0.1, 0.15) is 17.2 Å². The van der Waals surface area contributed by atoms with Crippen LogP contribution in [0.4, 0.5) is 5.69 Å². The van der Waals surface area contributed by atoms with Crippen molar-refractivity contribution in [2.45, 2.75) is 27.7 Å². The summed E-state index contributed by atoms with van der Waals surface area (Å²) in [5, 5.41) is 2.95. The van der Waals surface area contributed by atoms with Crippen LogP contribution >= 0.6 is 7.75 Å². The van der Waals surface area contributed by atoms with Crippen molar-refractivity contribution in [3.05, 3.63) is 82.9 Å². The molecule has 0 bridgehead atoms. The molecule has 0 atom stereocenters. The second-order valence-corrected chi connectivity index (χ2v) is 8.50. The molecule has 5 nitrogen and oxygen atoms in total. The molecule has 3 aromatic carbocycles. The number of benzene rings is 3. The van der Waals surface area contributed by atoms with Crippen molar-refractivity contribution in [3.8, 4) is 17.2 Å². The van der Waals surface area contributed by atoms with Crippen LogP contribution in [0.2, 0.25) is 0 Å². The first-order valence-electron chi connectivity index (χ1n) is 9.35. The lowest BCUT2D eigenvalue weighted by Gasteiger charge is -2.23. The standard InChI is InChI=1S/C23H26NO4P/c1-16-8-6-10-22(18(16)3)27-29(25,24-20-12-14-21(26-5)15-13-20)28-23-11-7-9-17(2)19(23)4/h6-15H,1-5H3,(H,24,25). The molecule has 0 aliphatic rings. The monoisotopic (exact) mass is 411 g/mol. The molecule has 0 unspecified atom stereocenters. The molecule has 0 spiro atoms. The Balaban J connectivity index is 1.98. The number of ether oxygens (including phenoxy) is 1. The molecule has 0 radical (unpaired) electrons. The summed E-state index contributed by atoms with van der Waals surface area (Å²) in [7, 11) is -2.20. The zero-order valence-electron chi connectivity index (χ0n) is 17.4. The molecule has 29 heavy (non-hydrogen) atoms. The van der Waals surface area contributed by atoms with Gasteiger partial charge in [0, 0.05) is 5.69 Å². The van der Waals surface area contributed by atoms with Crippen molar-refractivity contribution in [1.82, 2.24) is 0 Å². The number of aryl methyl sites for hydroxylation is 2. The summed E-state index contributed by atoms with van der Waals surface area (Å²) < 4.78 is 30.9. The Morgan fingerprint density at radius 3 is 1.66 bits per heavy atom. The van der Waals surface area contributed by atoms with Gasteiger partial charge in [0.2, 0.25) is 0 Å². The lowest BCUT2D eigenvalue weighted by molar-refractivity contribution is 0.390. The van der Waals surface area contributed by atoms with Gasteiger partial charge in [-0.2, -0.15) is 0 Å². The van der Waals surface area contributed by atoms with E-state index in [1.165, 1.54) is 0 Å². The summed E-state index contributed by atoms with van der Waals surface area (Å²) in [5.41, 5.74) is 4.52. The van der Waals surface area contributed by atoms with Gasteiger partial charge in [0.05, 0.1) is 7.11 Å². The fraction of sp³-hybridized carbons (Fsp3) is 0.217. The van der Waals surface area contributed by atoms with Gasteiger partial charge in [-0.05, 0) is 86.3 Å². The maximum Gasteiger partial charge on any atom is 0.541 e. The summed E-state index contributed by atoms with van der Waals surface area (Å²) in [6.45, 7) is 7.83.